The highest BCUT2D eigenvalue weighted by Crippen LogP contribution is 2.42. The van der Waals surface area contributed by atoms with Crippen molar-refractivity contribution in [3.63, 3.8) is 0 Å². The van der Waals surface area contributed by atoms with Crippen molar-refractivity contribution in [2.75, 3.05) is 0 Å². The van der Waals surface area contributed by atoms with E-state index in [1.165, 1.54) is 43.0 Å². The molecule has 0 radical (unpaired) electrons. The molecule has 22 heteroatoms. The monoisotopic (exact) mass is 846 g/mol. The average Bonchev–Trinajstić information content (AvgIpc) is 3.62. The van der Waals surface area contributed by atoms with E-state index in [1.807, 2.05) is 0 Å². The zero-order valence-corrected chi connectivity index (χ0v) is 29.5. The van der Waals surface area contributed by atoms with Crippen molar-refractivity contribution < 1.29 is 58.1 Å². The Hall–Kier alpha value is -5.31. The summed E-state index contributed by atoms with van der Waals surface area (Å²) in [6.07, 6.45) is -1.41. The minimum Gasteiger partial charge on any atom is -0.472 e. The molecule has 0 atom stereocenters. The molecule has 58 heavy (non-hydrogen) atoms. The van der Waals surface area contributed by atoms with Gasteiger partial charge in [-0.3, -0.25) is 8.80 Å². The van der Waals surface area contributed by atoms with E-state index in [-0.39, 0.29) is 35.7 Å². The molecule has 0 bridgehead atoms. The highest BCUT2D eigenvalue weighted by molar-refractivity contribution is 6.21. The molecule has 0 saturated heterocycles. The average molecular weight is 847 g/mol. The molecule has 6 aromatic rings. The van der Waals surface area contributed by atoms with E-state index >= 15 is 0 Å². The van der Waals surface area contributed by atoms with Gasteiger partial charge in [0, 0.05) is 72.7 Å². The summed E-state index contributed by atoms with van der Waals surface area (Å²) in [5, 5.41) is 10.5. The van der Waals surface area contributed by atoms with Crippen molar-refractivity contribution in [3.8, 4) is 34.0 Å². The third-order valence-electron chi connectivity index (χ3n) is 9.10. The van der Waals surface area contributed by atoms with Gasteiger partial charge in [-0.15, -0.1) is 20.4 Å². The Balaban J connectivity index is 0.000000175. The van der Waals surface area contributed by atoms with Crippen molar-refractivity contribution in [3.05, 3.63) is 84.5 Å². The molecule has 308 valence electrons. The summed E-state index contributed by atoms with van der Waals surface area (Å²) in [5.74, 6) is -9.50. The van der Waals surface area contributed by atoms with Crippen LogP contribution in [0.15, 0.2) is 61.2 Å². The fraction of sp³-hybridized carbons (Fsp3) is 0.389. The molecule has 0 aliphatic heterocycles. The molecule has 0 N–H and O–H groups in total. The van der Waals surface area contributed by atoms with Crippen molar-refractivity contribution in [2.24, 2.45) is 0 Å². The number of halogens is 11. The van der Waals surface area contributed by atoms with Gasteiger partial charge in [-0.1, -0.05) is 7.43 Å². The second kappa shape index (κ2) is 14.8. The topological polar surface area (TPSA) is 114 Å². The number of rotatable bonds is 10. The van der Waals surface area contributed by atoms with Crippen LogP contribution < -0.4 is 9.47 Å². The molecule has 0 amide bonds. The molecule has 3 aliphatic carbocycles. The highest BCUT2D eigenvalue weighted by Gasteiger charge is 2.48. The van der Waals surface area contributed by atoms with Crippen LogP contribution in [0.4, 0.5) is 43.9 Å². The van der Waals surface area contributed by atoms with Gasteiger partial charge in [0.05, 0.1) is 6.10 Å². The van der Waals surface area contributed by atoms with Gasteiger partial charge >= 0.3 is 11.5 Å². The number of hydrogen-bond acceptors (Lipinski definition) is 9. The predicted octanol–water partition coefficient (Wildman–Crippen LogP) is 9.37. The van der Waals surface area contributed by atoms with E-state index < -0.39 is 96.5 Å². The minimum atomic E-state index is -3.73. The molecule has 3 aliphatic rings. The number of aromatic nitrogens is 8. The number of hydrogen-bond donors (Lipinski definition) is 0. The maximum absolute atomic E-state index is 14.4. The standard InChI is InChI=1S/C19H15F5N4O2.C16H10ClF5N4O.CH4/c20-14-5-11(8-25-16(14)29-13-6-18(21,22)7-13)10-1-4-15-26-27-17(28(15)9-10)19(23,24)30-12-2-3-12;17-16(21,22)14-25-24-12-2-1-8(7-26(12)14)9-3-11(18)13(23-6-9)27-10-4-15(19,20)5-10;/h1,4-5,8-9,12-13H,2-3,6-7H2;1-3,6-7,10H,4-5H2;1H4. The summed E-state index contributed by atoms with van der Waals surface area (Å²) in [7, 11) is 0. The molecular weight excluding hydrogens is 818 g/mol. The zero-order valence-electron chi connectivity index (χ0n) is 28.7. The van der Waals surface area contributed by atoms with E-state index in [2.05, 4.69) is 30.4 Å². The van der Waals surface area contributed by atoms with Gasteiger partial charge in [0.1, 0.15) is 12.2 Å². The van der Waals surface area contributed by atoms with Crippen LogP contribution in [0.2, 0.25) is 0 Å². The van der Waals surface area contributed by atoms with E-state index in [0.29, 0.717) is 24.0 Å². The van der Waals surface area contributed by atoms with E-state index in [1.54, 1.807) is 6.07 Å². The SMILES string of the molecule is C.Fc1cc(-c2ccc3nnc(C(F)(F)Cl)n3c2)cnc1OC1CC(F)(F)C1.Fc1cc(-c2ccc3nnc(C(F)(F)OC4CC4)n3c2)cnc1OC1CC(F)(F)C1. The summed E-state index contributed by atoms with van der Waals surface area (Å²) in [5.41, 5.74) is 1.57. The third kappa shape index (κ3) is 8.59. The summed E-state index contributed by atoms with van der Waals surface area (Å²) in [4.78, 5) is 7.66. The maximum atomic E-state index is 14.4. The van der Waals surface area contributed by atoms with Crippen LogP contribution in [-0.4, -0.2) is 69.3 Å². The fourth-order valence-electron chi connectivity index (χ4n) is 6.00. The molecule has 3 saturated carbocycles. The first-order valence-corrected chi connectivity index (χ1v) is 17.4. The van der Waals surface area contributed by atoms with Crippen molar-refractivity contribution in [2.45, 2.75) is 87.6 Å². The van der Waals surface area contributed by atoms with Crippen LogP contribution in [0.25, 0.3) is 33.5 Å². The molecule has 0 unspecified atom stereocenters. The normalized spacial score (nSPS) is 17.8. The molecule has 6 heterocycles. The number of fused-ring (bicyclic) bond motifs is 2. The fourth-order valence-corrected chi connectivity index (χ4v) is 6.13. The summed E-state index contributed by atoms with van der Waals surface area (Å²) < 4.78 is 153. The van der Waals surface area contributed by atoms with Crippen LogP contribution in [-0.2, 0) is 16.2 Å². The van der Waals surface area contributed by atoms with Crippen LogP contribution in [0.1, 0.15) is 57.6 Å². The smallest absolute Gasteiger partial charge is 0.418 e. The lowest BCUT2D eigenvalue weighted by molar-refractivity contribution is -0.261. The van der Waals surface area contributed by atoms with E-state index in [4.69, 9.17) is 25.8 Å². The van der Waals surface area contributed by atoms with Crippen LogP contribution in [0.3, 0.4) is 0 Å². The first-order chi connectivity index (χ1) is 26.8. The summed E-state index contributed by atoms with van der Waals surface area (Å²) >= 11 is 5.01. The molecule has 0 spiro atoms. The van der Waals surface area contributed by atoms with Gasteiger partial charge in [-0.2, -0.15) is 17.6 Å². The zero-order chi connectivity index (χ0) is 40.5. The lowest BCUT2D eigenvalue weighted by atomic mass is 9.91. The molecule has 11 nitrogen and oxygen atoms in total. The van der Waals surface area contributed by atoms with Crippen molar-refractivity contribution in [1.29, 1.82) is 0 Å². The third-order valence-corrected chi connectivity index (χ3v) is 9.27. The van der Waals surface area contributed by atoms with Crippen LogP contribution in [0.5, 0.6) is 11.8 Å². The van der Waals surface area contributed by atoms with E-state index in [9.17, 15) is 43.9 Å². The summed E-state index contributed by atoms with van der Waals surface area (Å²) in [6.45, 7) is 0. The van der Waals surface area contributed by atoms with Gasteiger partial charge in [0.25, 0.3) is 23.6 Å². The second-order valence-electron chi connectivity index (χ2n) is 13.7. The van der Waals surface area contributed by atoms with Crippen LogP contribution >= 0.6 is 11.6 Å². The number of alkyl halides is 9. The lowest BCUT2D eigenvalue weighted by Gasteiger charge is -2.34. The first kappa shape index (κ1) is 40.9. The summed E-state index contributed by atoms with van der Waals surface area (Å²) in [6, 6.07) is 8.11. The highest BCUT2D eigenvalue weighted by atomic mass is 35.5. The first-order valence-electron chi connectivity index (χ1n) is 17.1. The quantitative estimate of drug-likeness (QED) is 0.0983. The van der Waals surface area contributed by atoms with Gasteiger partial charge in [-0.05, 0) is 60.8 Å². The van der Waals surface area contributed by atoms with Gasteiger partial charge in [0.2, 0.25) is 11.6 Å². The maximum Gasteiger partial charge on any atom is 0.418 e. The molecular formula is C36H29ClF10N8O3. The Morgan fingerprint density at radius 2 is 1.05 bits per heavy atom. The largest absolute Gasteiger partial charge is 0.472 e. The molecule has 6 aromatic heterocycles. The van der Waals surface area contributed by atoms with Gasteiger partial charge < -0.3 is 14.2 Å². The van der Waals surface area contributed by atoms with Crippen LogP contribution in [0, 0.1) is 11.6 Å². The lowest BCUT2D eigenvalue weighted by Crippen LogP contribution is -2.43. The molecule has 9 rings (SSSR count). The Labute approximate surface area is 325 Å². The Kier molecular flexibility index (Phi) is 10.4. The Bertz CT molecular complexity index is 2460. The van der Waals surface area contributed by atoms with Crippen molar-refractivity contribution in [1.82, 2.24) is 39.2 Å². The number of ether oxygens (including phenoxy) is 3. The van der Waals surface area contributed by atoms with Crippen molar-refractivity contribution >= 4 is 22.9 Å². The number of pyridine rings is 4. The van der Waals surface area contributed by atoms with Gasteiger partial charge in [0.15, 0.2) is 22.9 Å². The Morgan fingerprint density at radius 3 is 1.45 bits per heavy atom. The van der Waals surface area contributed by atoms with Gasteiger partial charge in [-0.25, -0.2) is 36.3 Å². The second-order valence-corrected chi connectivity index (χ2v) is 14.2. The minimum absolute atomic E-state index is 0. The predicted molar refractivity (Wildman–Crippen MR) is 184 cm³/mol. The number of nitrogens with zero attached hydrogens (tertiary/aromatic N) is 8. The molecule has 3 fully saturated rings. The molecule has 0 aromatic carbocycles. The van der Waals surface area contributed by atoms with E-state index in [0.717, 1.165) is 20.9 Å². The Morgan fingerprint density at radius 1 is 0.621 bits per heavy atom.